The second kappa shape index (κ2) is 1.54. The molecule has 1 rings (SSSR count). The number of hydrogen-bond donors (Lipinski definition) is 2. The van der Waals surface area contributed by atoms with Crippen LogP contribution in [0.1, 0.15) is 0 Å². The van der Waals surface area contributed by atoms with E-state index in [1.165, 1.54) is 6.08 Å². The molecule has 0 spiro atoms. The minimum atomic E-state index is -0.213. The van der Waals surface area contributed by atoms with Gasteiger partial charge >= 0.3 is 0 Å². The van der Waals surface area contributed by atoms with Crippen molar-refractivity contribution >= 4 is 13.8 Å². The Morgan fingerprint density at radius 1 is 1.88 bits per heavy atom. The quantitative estimate of drug-likeness (QED) is 0.374. The highest BCUT2D eigenvalue weighted by molar-refractivity contribution is 6.17. The minimum Gasteiger partial charge on any atom is -0.511 e. The molecule has 2 N–H and O–H groups in total. The molecule has 0 bridgehead atoms. The van der Waals surface area contributed by atoms with Crippen LogP contribution in [0.4, 0.5) is 0 Å². The highest BCUT2D eigenvalue weighted by Crippen LogP contribution is 1.99. The van der Waals surface area contributed by atoms with Crippen molar-refractivity contribution in [1.82, 2.24) is 5.32 Å². The number of carbonyl (C=O) groups is 1. The van der Waals surface area contributed by atoms with Gasteiger partial charge in [0, 0.05) is 6.08 Å². The number of aliphatic hydroxyl groups excluding tert-OH is 1. The topological polar surface area (TPSA) is 49.3 Å². The van der Waals surface area contributed by atoms with Crippen molar-refractivity contribution in [3.63, 3.8) is 0 Å². The van der Waals surface area contributed by atoms with E-state index >= 15 is 0 Å². The highest BCUT2D eigenvalue weighted by Gasteiger charge is 2.16. The maximum atomic E-state index is 10.3. The first-order valence-corrected chi connectivity index (χ1v) is 2.41. The van der Waals surface area contributed by atoms with Gasteiger partial charge in [0.05, 0.1) is 5.94 Å². The molecule has 0 unspecified atom stereocenters. The number of nitrogens with one attached hydrogen (secondary N) is 1. The van der Waals surface area contributed by atoms with Crippen LogP contribution in [-0.2, 0) is 4.79 Å². The van der Waals surface area contributed by atoms with Gasteiger partial charge in [0.2, 0.25) is 5.91 Å². The third-order valence-corrected chi connectivity index (χ3v) is 1.08. The smallest absolute Gasteiger partial charge is 0.247 e. The number of carbonyl (C=O) groups excluding carboxylic acids is 1. The predicted molar refractivity (Wildman–Crippen MR) is 31.2 cm³/mol. The summed E-state index contributed by atoms with van der Waals surface area (Å²) in [6, 6.07) is 0. The Hall–Kier alpha value is -0.925. The van der Waals surface area contributed by atoms with E-state index in [4.69, 9.17) is 5.11 Å². The fourth-order valence-electron chi connectivity index (χ4n) is 0.588. The van der Waals surface area contributed by atoms with Crippen LogP contribution in [0.25, 0.3) is 0 Å². The van der Waals surface area contributed by atoms with Gasteiger partial charge in [0.15, 0.2) is 0 Å². The van der Waals surface area contributed by atoms with Gasteiger partial charge in [-0.2, -0.15) is 0 Å². The lowest BCUT2D eigenvalue weighted by atomic mass is 9.97. The molecule has 4 heteroatoms. The Balaban J connectivity index is 2.73. The molecular formula is C4H6BNO2. The maximum absolute atomic E-state index is 10.3. The van der Waals surface area contributed by atoms with Gasteiger partial charge in [-0.25, -0.2) is 0 Å². The second-order valence-electron chi connectivity index (χ2n) is 1.80. The first-order valence-electron chi connectivity index (χ1n) is 2.41. The average Bonchev–Trinajstić information content (AvgIpc) is 1.85. The molecule has 0 aromatic carbocycles. The van der Waals surface area contributed by atoms with Crippen LogP contribution < -0.4 is 5.32 Å². The van der Waals surface area contributed by atoms with Gasteiger partial charge in [-0.15, -0.1) is 0 Å². The molecule has 1 aliphatic rings. The largest absolute Gasteiger partial charge is 0.511 e. The molecule has 8 heavy (non-hydrogen) atoms. The maximum Gasteiger partial charge on any atom is 0.247 e. The summed E-state index contributed by atoms with van der Waals surface area (Å²) >= 11 is 0. The lowest BCUT2D eigenvalue weighted by Gasteiger charge is -2.00. The van der Waals surface area contributed by atoms with Crippen LogP contribution in [0.3, 0.4) is 0 Å². The van der Waals surface area contributed by atoms with Crippen molar-refractivity contribution in [3.05, 3.63) is 11.8 Å². The summed E-state index contributed by atoms with van der Waals surface area (Å²) in [6.07, 6.45) is 1.19. The van der Waals surface area contributed by atoms with Gasteiger partial charge in [-0.05, 0) is 0 Å². The van der Waals surface area contributed by atoms with Crippen molar-refractivity contribution in [3.8, 4) is 0 Å². The fourth-order valence-corrected chi connectivity index (χ4v) is 0.588. The van der Waals surface area contributed by atoms with Crippen LogP contribution in [0.2, 0.25) is 0 Å². The summed E-state index contributed by atoms with van der Waals surface area (Å²) in [5, 5.41) is 11.2. The van der Waals surface area contributed by atoms with E-state index in [0.717, 1.165) is 0 Å². The summed E-state index contributed by atoms with van der Waals surface area (Å²) in [7, 11) is 1.72. The zero-order chi connectivity index (χ0) is 6.15. The SMILES string of the molecule is B[C@H]1NC(=O)C=C1O. The van der Waals surface area contributed by atoms with Crippen LogP contribution >= 0.6 is 0 Å². The monoisotopic (exact) mass is 111 g/mol. The van der Waals surface area contributed by atoms with E-state index in [1.807, 2.05) is 0 Å². The fraction of sp³-hybridized carbons (Fsp3) is 0.250. The van der Waals surface area contributed by atoms with Crippen molar-refractivity contribution in [2.75, 3.05) is 0 Å². The predicted octanol–water partition coefficient (Wildman–Crippen LogP) is -1.48. The Labute approximate surface area is 47.8 Å². The zero-order valence-electron chi connectivity index (χ0n) is 4.51. The second-order valence-corrected chi connectivity index (χ2v) is 1.80. The summed E-state index contributed by atoms with van der Waals surface area (Å²) in [6.45, 7) is 0. The van der Waals surface area contributed by atoms with Crippen molar-refractivity contribution in [1.29, 1.82) is 0 Å². The Kier molecular flexibility index (Phi) is 1.01. The van der Waals surface area contributed by atoms with E-state index < -0.39 is 0 Å². The van der Waals surface area contributed by atoms with Crippen LogP contribution in [0, 0.1) is 0 Å². The van der Waals surface area contributed by atoms with Crippen LogP contribution in [0.15, 0.2) is 11.8 Å². The standard InChI is InChI=1S/C4H6BNO2/c5-4-2(7)1-3(8)6-4/h1,4,7H,5H2,(H,6,8)/t4-/m0/s1. The van der Waals surface area contributed by atoms with Gasteiger partial charge < -0.3 is 10.4 Å². The molecule has 3 nitrogen and oxygen atoms in total. The van der Waals surface area contributed by atoms with Crippen LogP contribution in [-0.4, -0.2) is 24.8 Å². The molecule has 0 saturated carbocycles. The van der Waals surface area contributed by atoms with Gasteiger partial charge in [-0.1, -0.05) is 0 Å². The molecular weight excluding hydrogens is 105 g/mol. The number of rotatable bonds is 0. The summed E-state index contributed by atoms with van der Waals surface area (Å²) in [5.74, 6) is -0.285. The molecule has 0 saturated heterocycles. The third kappa shape index (κ3) is 0.687. The lowest BCUT2D eigenvalue weighted by Crippen LogP contribution is -2.28. The minimum absolute atomic E-state index is 0.120. The lowest BCUT2D eigenvalue weighted by molar-refractivity contribution is -0.115. The average molecular weight is 111 g/mol. The molecule has 1 amide bonds. The molecule has 1 atom stereocenters. The van der Waals surface area contributed by atoms with Gasteiger partial charge in [0.25, 0.3) is 0 Å². The Morgan fingerprint density at radius 3 is 2.62 bits per heavy atom. The van der Waals surface area contributed by atoms with E-state index in [0.29, 0.717) is 0 Å². The van der Waals surface area contributed by atoms with E-state index in [1.54, 1.807) is 7.85 Å². The third-order valence-electron chi connectivity index (χ3n) is 1.08. The summed E-state index contributed by atoms with van der Waals surface area (Å²) < 4.78 is 0. The molecule has 0 aliphatic carbocycles. The van der Waals surface area contributed by atoms with Crippen molar-refractivity contribution in [2.24, 2.45) is 0 Å². The first-order chi connectivity index (χ1) is 3.70. The molecule has 0 aromatic rings. The first kappa shape index (κ1) is 5.22. The molecule has 1 heterocycles. The zero-order valence-corrected chi connectivity index (χ0v) is 4.51. The van der Waals surface area contributed by atoms with E-state index in [-0.39, 0.29) is 17.6 Å². The van der Waals surface area contributed by atoms with E-state index in [2.05, 4.69) is 5.32 Å². The number of amides is 1. The van der Waals surface area contributed by atoms with Gasteiger partial charge in [0.1, 0.15) is 13.6 Å². The van der Waals surface area contributed by atoms with E-state index in [9.17, 15) is 4.79 Å². The normalized spacial score (nSPS) is 27.2. The number of aliphatic hydroxyl groups is 1. The summed E-state index contributed by atoms with van der Waals surface area (Å²) in [4.78, 5) is 10.3. The van der Waals surface area contributed by atoms with Crippen LogP contribution in [0.5, 0.6) is 0 Å². The molecule has 1 aliphatic heterocycles. The highest BCUT2D eigenvalue weighted by atomic mass is 16.3. The molecule has 0 radical (unpaired) electrons. The van der Waals surface area contributed by atoms with Crippen molar-refractivity contribution < 1.29 is 9.90 Å². The Bertz CT molecular complexity index is 154. The molecule has 0 aromatic heterocycles. The number of hydrogen-bond acceptors (Lipinski definition) is 2. The Morgan fingerprint density at radius 2 is 2.50 bits per heavy atom. The van der Waals surface area contributed by atoms with Gasteiger partial charge in [-0.3, -0.25) is 4.79 Å². The summed E-state index contributed by atoms with van der Waals surface area (Å²) in [5.41, 5.74) is 0. The molecule has 0 fully saturated rings. The molecule has 42 valence electrons. The van der Waals surface area contributed by atoms with Crippen molar-refractivity contribution in [2.45, 2.75) is 5.94 Å².